The van der Waals surface area contributed by atoms with Crippen molar-refractivity contribution in [1.82, 2.24) is 4.72 Å². The summed E-state index contributed by atoms with van der Waals surface area (Å²) in [6, 6.07) is 7.22. The first-order chi connectivity index (χ1) is 6.65. The molecule has 1 aromatic carbocycles. The van der Waals surface area contributed by atoms with Crippen molar-refractivity contribution in [1.29, 1.82) is 0 Å². The van der Waals surface area contributed by atoms with E-state index in [-0.39, 0.29) is 0 Å². The van der Waals surface area contributed by atoms with Gasteiger partial charge in [-0.1, -0.05) is 25.1 Å². The minimum Gasteiger partial charge on any atom is -0.211 e. The third-order valence-corrected chi connectivity index (χ3v) is 4.16. The molecule has 1 aliphatic rings. The number of hydrogen-bond donors (Lipinski definition) is 1. The molecule has 0 saturated carbocycles. The third kappa shape index (κ3) is 1.44. The zero-order valence-corrected chi connectivity index (χ0v) is 8.84. The Kier molecular flexibility index (Phi) is 2.33. The average Bonchev–Trinajstić information content (AvgIpc) is 2.18. The van der Waals surface area contributed by atoms with E-state index >= 15 is 0 Å². The van der Waals surface area contributed by atoms with Crippen LogP contribution in [-0.4, -0.2) is 15.0 Å². The summed E-state index contributed by atoms with van der Waals surface area (Å²) in [5.74, 6) is 0.315. The van der Waals surface area contributed by atoms with Crippen LogP contribution in [0.3, 0.4) is 0 Å². The van der Waals surface area contributed by atoms with Crippen molar-refractivity contribution in [3.05, 3.63) is 29.8 Å². The first kappa shape index (κ1) is 9.68. The number of hydrogen-bond acceptors (Lipinski definition) is 2. The molecule has 1 atom stereocenters. The Morgan fingerprint density at radius 2 is 2.14 bits per heavy atom. The van der Waals surface area contributed by atoms with Gasteiger partial charge in [0.1, 0.15) is 0 Å². The number of nitrogens with one attached hydrogen (secondary N) is 1. The van der Waals surface area contributed by atoms with Crippen LogP contribution in [0.1, 0.15) is 24.8 Å². The normalized spacial score (nSPS) is 24.2. The van der Waals surface area contributed by atoms with Crippen molar-refractivity contribution >= 4 is 10.0 Å². The molecule has 3 nitrogen and oxygen atoms in total. The second-order valence-corrected chi connectivity index (χ2v) is 5.23. The lowest BCUT2D eigenvalue weighted by atomic mass is 9.96. The van der Waals surface area contributed by atoms with E-state index in [0.29, 0.717) is 17.4 Å². The van der Waals surface area contributed by atoms with Crippen LogP contribution in [0.25, 0.3) is 0 Å². The summed E-state index contributed by atoms with van der Waals surface area (Å²) < 4.78 is 25.8. The van der Waals surface area contributed by atoms with E-state index in [0.717, 1.165) is 12.0 Å². The van der Waals surface area contributed by atoms with Gasteiger partial charge in [0.15, 0.2) is 0 Å². The fourth-order valence-corrected chi connectivity index (χ4v) is 3.20. The molecule has 76 valence electrons. The molecule has 0 radical (unpaired) electrons. The number of sulfonamides is 1. The molecule has 1 heterocycles. The standard InChI is InChI=1S/C10H13NO2S/c1-2-8-7-11-14(12,13)10-6-4-3-5-9(8)10/h3-6,8,11H,2,7H2,1H3/t8-/m0/s1. The van der Waals surface area contributed by atoms with Crippen LogP contribution < -0.4 is 4.72 Å². The van der Waals surface area contributed by atoms with Gasteiger partial charge < -0.3 is 0 Å². The summed E-state index contributed by atoms with van der Waals surface area (Å²) in [5, 5.41) is 0. The van der Waals surface area contributed by atoms with Crippen molar-refractivity contribution in [3.8, 4) is 0 Å². The Hall–Kier alpha value is -0.870. The smallest absolute Gasteiger partial charge is 0.211 e. The first-order valence-electron chi connectivity index (χ1n) is 4.73. The number of fused-ring (bicyclic) bond motifs is 1. The minimum absolute atomic E-state index is 0.315. The molecule has 1 N–H and O–H groups in total. The van der Waals surface area contributed by atoms with Crippen LogP contribution in [0.4, 0.5) is 0 Å². The van der Waals surface area contributed by atoms with Crippen LogP contribution >= 0.6 is 0 Å². The molecule has 2 rings (SSSR count). The van der Waals surface area contributed by atoms with Crippen LogP contribution in [0.5, 0.6) is 0 Å². The fraction of sp³-hybridized carbons (Fsp3) is 0.400. The van der Waals surface area contributed by atoms with E-state index in [1.54, 1.807) is 12.1 Å². The second-order valence-electron chi connectivity index (χ2n) is 3.49. The first-order valence-corrected chi connectivity index (χ1v) is 6.22. The third-order valence-electron chi connectivity index (χ3n) is 2.66. The zero-order chi connectivity index (χ0) is 10.2. The quantitative estimate of drug-likeness (QED) is 0.764. The SMILES string of the molecule is CC[C@H]1CNS(=O)(=O)c2ccccc21. The Labute approximate surface area is 84.2 Å². The largest absolute Gasteiger partial charge is 0.240 e. The molecule has 0 spiro atoms. The molecular weight excluding hydrogens is 198 g/mol. The minimum atomic E-state index is -3.24. The van der Waals surface area contributed by atoms with Gasteiger partial charge in [0, 0.05) is 6.54 Å². The van der Waals surface area contributed by atoms with Crippen LogP contribution in [0, 0.1) is 0 Å². The summed E-state index contributed by atoms with van der Waals surface area (Å²) in [7, 11) is -3.24. The maximum absolute atomic E-state index is 11.6. The van der Waals surface area contributed by atoms with Crippen LogP contribution in [0.15, 0.2) is 29.2 Å². The predicted octanol–water partition coefficient (Wildman–Crippen LogP) is 1.47. The van der Waals surface area contributed by atoms with Gasteiger partial charge in [-0.3, -0.25) is 0 Å². The van der Waals surface area contributed by atoms with E-state index in [1.807, 2.05) is 12.1 Å². The van der Waals surface area contributed by atoms with Crippen molar-refractivity contribution in [2.45, 2.75) is 24.2 Å². The molecule has 0 aromatic heterocycles. The van der Waals surface area contributed by atoms with Gasteiger partial charge in [-0.2, -0.15) is 0 Å². The average molecular weight is 211 g/mol. The summed E-state index contributed by atoms with van der Waals surface area (Å²) in [5.41, 5.74) is 0.953. The topological polar surface area (TPSA) is 46.2 Å². The highest BCUT2D eigenvalue weighted by Crippen LogP contribution is 2.29. The van der Waals surface area contributed by atoms with Crippen molar-refractivity contribution in [2.24, 2.45) is 0 Å². The molecule has 0 fully saturated rings. The molecule has 0 aliphatic carbocycles. The highest BCUT2D eigenvalue weighted by Gasteiger charge is 2.27. The Morgan fingerprint density at radius 1 is 1.43 bits per heavy atom. The number of rotatable bonds is 1. The lowest BCUT2D eigenvalue weighted by Crippen LogP contribution is -2.34. The van der Waals surface area contributed by atoms with Gasteiger partial charge in [0.2, 0.25) is 10.0 Å². The molecule has 1 aromatic rings. The van der Waals surface area contributed by atoms with Gasteiger partial charge in [-0.05, 0) is 24.0 Å². The van der Waals surface area contributed by atoms with E-state index < -0.39 is 10.0 Å². The molecule has 0 amide bonds. The van der Waals surface area contributed by atoms with Crippen LogP contribution in [0.2, 0.25) is 0 Å². The van der Waals surface area contributed by atoms with E-state index in [2.05, 4.69) is 11.6 Å². The summed E-state index contributed by atoms with van der Waals surface area (Å²) in [4.78, 5) is 0.443. The van der Waals surface area contributed by atoms with Crippen molar-refractivity contribution in [3.63, 3.8) is 0 Å². The summed E-state index contributed by atoms with van der Waals surface area (Å²) in [6.07, 6.45) is 0.958. The second kappa shape index (κ2) is 3.37. The maximum atomic E-state index is 11.6. The maximum Gasteiger partial charge on any atom is 0.240 e. The highest BCUT2D eigenvalue weighted by atomic mass is 32.2. The lowest BCUT2D eigenvalue weighted by molar-refractivity contribution is 0.544. The fourth-order valence-electron chi connectivity index (χ4n) is 1.82. The highest BCUT2D eigenvalue weighted by molar-refractivity contribution is 7.89. The Bertz CT molecular complexity index is 439. The summed E-state index contributed by atoms with van der Waals surface area (Å²) in [6.45, 7) is 2.59. The molecule has 0 saturated heterocycles. The Morgan fingerprint density at radius 3 is 2.86 bits per heavy atom. The molecule has 0 bridgehead atoms. The summed E-state index contributed by atoms with van der Waals surface area (Å²) >= 11 is 0. The molecule has 0 unspecified atom stereocenters. The van der Waals surface area contributed by atoms with Gasteiger partial charge in [0.25, 0.3) is 0 Å². The number of benzene rings is 1. The predicted molar refractivity (Wildman–Crippen MR) is 54.7 cm³/mol. The molecule has 4 heteroatoms. The molecular formula is C10H13NO2S. The zero-order valence-electron chi connectivity index (χ0n) is 8.03. The van der Waals surface area contributed by atoms with E-state index in [4.69, 9.17) is 0 Å². The van der Waals surface area contributed by atoms with Crippen molar-refractivity contribution in [2.75, 3.05) is 6.54 Å². The van der Waals surface area contributed by atoms with E-state index in [1.165, 1.54) is 0 Å². The van der Waals surface area contributed by atoms with Gasteiger partial charge in [-0.15, -0.1) is 0 Å². The van der Waals surface area contributed by atoms with Crippen LogP contribution in [-0.2, 0) is 10.0 Å². The van der Waals surface area contributed by atoms with Gasteiger partial charge in [0.05, 0.1) is 4.90 Å². The van der Waals surface area contributed by atoms with Crippen molar-refractivity contribution < 1.29 is 8.42 Å². The van der Waals surface area contributed by atoms with Gasteiger partial charge in [-0.25, -0.2) is 13.1 Å². The molecule has 1 aliphatic heterocycles. The van der Waals surface area contributed by atoms with E-state index in [9.17, 15) is 8.42 Å². The Balaban J connectivity index is 2.61. The monoisotopic (exact) mass is 211 g/mol. The lowest BCUT2D eigenvalue weighted by Gasteiger charge is -2.24. The van der Waals surface area contributed by atoms with Gasteiger partial charge >= 0.3 is 0 Å². The molecule has 14 heavy (non-hydrogen) atoms.